The van der Waals surface area contributed by atoms with Crippen LogP contribution in [0, 0.1) is 0 Å². The first kappa shape index (κ1) is 9.45. The maximum atomic E-state index is 10.6. The van der Waals surface area contributed by atoms with E-state index in [1.807, 2.05) is 11.6 Å². The SMILES string of the molecule is Cn1cncc1Cn1cnc(C(=O)O)c1. The zero-order chi connectivity index (χ0) is 10.8. The lowest BCUT2D eigenvalue weighted by Gasteiger charge is -2.01. The summed E-state index contributed by atoms with van der Waals surface area (Å²) in [5, 5.41) is 8.69. The molecule has 2 aromatic rings. The first-order valence-electron chi connectivity index (χ1n) is 4.37. The fraction of sp³-hybridized carbons (Fsp3) is 0.222. The van der Waals surface area contributed by atoms with Crippen molar-refractivity contribution >= 4 is 5.97 Å². The molecule has 0 spiro atoms. The molecule has 0 aliphatic carbocycles. The van der Waals surface area contributed by atoms with Gasteiger partial charge >= 0.3 is 5.97 Å². The van der Waals surface area contributed by atoms with Gasteiger partial charge in [0.15, 0.2) is 5.69 Å². The monoisotopic (exact) mass is 206 g/mol. The third-order valence-corrected chi connectivity index (χ3v) is 2.11. The van der Waals surface area contributed by atoms with Crippen molar-refractivity contribution < 1.29 is 9.90 Å². The second-order valence-electron chi connectivity index (χ2n) is 3.23. The summed E-state index contributed by atoms with van der Waals surface area (Å²) in [7, 11) is 1.89. The first-order valence-corrected chi connectivity index (χ1v) is 4.37. The van der Waals surface area contributed by atoms with Gasteiger partial charge in [-0.25, -0.2) is 14.8 Å². The van der Waals surface area contributed by atoms with Crippen LogP contribution in [0.2, 0.25) is 0 Å². The lowest BCUT2D eigenvalue weighted by Crippen LogP contribution is -2.02. The number of carboxylic acid groups (broad SMARTS) is 1. The molecule has 0 aliphatic rings. The lowest BCUT2D eigenvalue weighted by atomic mass is 10.4. The van der Waals surface area contributed by atoms with Gasteiger partial charge in [-0.05, 0) is 0 Å². The molecule has 2 aromatic heterocycles. The van der Waals surface area contributed by atoms with Crippen molar-refractivity contribution in [1.29, 1.82) is 0 Å². The second kappa shape index (κ2) is 3.56. The number of aromatic carboxylic acids is 1. The van der Waals surface area contributed by atoms with E-state index >= 15 is 0 Å². The molecule has 0 fully saturated rings. The smallest absolute Gasteiger partial charge is 0.356 e. The van der Waals surface area contributed by atoms with Crippen LogP contribution in [0.3, 0.4) is 0 Å². The van der Waals surface area contributed by atoms with E-state index in [1.54, 1.807) is 17.1 Å². The number of carboxylic acids is 1. The van der Waals surface area contributed by atoms with Crippen molar-refractivity contribution in [3.8, 4) is 0 Å². The Balaban J connectivity index is 2.18. The van der Waals surface area contributed by atoms with Gasteiger partial charge in [-0.2, -0.15) is 0 Å². The van der Waals surface area contributed by atoms with Crippen molar-refractivity contribution in [2.75, 3.05) is 0 Å². The maximum Gasteiger partial charge on any atom is 0.356 e. The van der Waals surface area contributed by atoms with Gasteiger partial charge in [0, 0.05) is 19.4 Å². The summed E-state index contributed by atoms with van der Waals surface area (Å²) in [6.07, 6.45) is 6.43. The minimum atomic E-state index is -1.02. The van der Waals surface area contributed by atoms with Gasteiger partial charge in [-0.15, -0.1) is 0 Å². The van der Waals surface area contributed by atoms with Crippen molar-refractivity contribution in [3.05, 3.63) is 36.4 Å². The number of hydrogen-bond acceptors (Lipinski definition) is 3. The van der Waals surface area contributed by atoms with Crippen LogP contribution in [0.5, 0.6) is 0 Å². The van der Waals surface area contributed by atoms with Gasteiger partial charge in [-0.1, -0.05) is 0 Å². The Kier molecular flexibility index (Phi) is 2.24. The minimum Gasteiger partial charge on any atom is -0.476 e. The number of nitrogens with zero attached hydrogens (tertiary/aromatic N) is 4. The molecule has 0 aromatic carbocycles. The highest BCUT2D eigenvalue weighted by molar-refractivity contribution is 5.84. The van der Waals surface area contributed by atoms with Crippen molar-refractivity contribution in [1.82, 2.24) is 19.1 Å². The van der Waals surface area contributed by atoms with Crippen LogP contribution in [0.1, 0.15) is 16.2 Å². The summed E-state index contributed by atoms with van der Waals surface area (Å²) >= 11 is 0. The van der Waals surface area contributed by atoms with Crippen molar-refractivity contribution in [2.45, 2.75) is 6.54 Å². The molecule has 78 valence electrons. The van der Waals surface area contributed by atoms with Crippen LogP contribution >= 0.6 is 0 Å². The molecule has 2 rings (SSSR count). The summed E-state index contributed by atoms with van der Waals surface area (Å²) in [5.41, 5.74) is 1.04. The van der Waals surface area contributed by atoms with Crippen LogP contribution in [-0.4, -0.2) is 30.2 Å². The van der Waals surface area contributed by atoms with E-state index in [-0.39, 0.29) is 5.69 Å². The summed E-state index contributed by atoms with van der Waals surface area (Å²) in [6, 6.07) is 0. The third-order valence-electron chi connectivity index (χ3n) is 2.11. The van der Waals surface area contributed by atoms with Crippen LogP contribution in [0.25, 0.3) is 0 Å². The number of carbonyl (C=O) groups is 1. The quantitative estimate of drug-likeness (QED) is 0.787. The van der Waals surface area contributed by atoms with Gasteiger partial charge in [-0.3, -0.25) is 0 Å². The summed E-state index contributed by atoms with van der Waals surface area (Å²) in [4.78, 5) is 18.3. The Morgan fingerprint density at radius 3 is 2.87 bits per heavy atom. The van der Waals surface area contributed by atoms with Gasteiger partial charge in [0.2, 0.25) is 0 Å². The van der Waals surface area contributed by atoms with E-state index in [0.717, 1.165) is 5.69 Å². The topological polar surface area (TPSA) is 72.9 Å². The Hall–Kier alpha value is -2.11. The van der Waals surface area contributed by atoms with E-state index in [9.17, 15) is 4.79 Å². The molecule has 0 saturated carbocycles. The Morgan fingerprint density at radius 2 is 2.33 bits per heavy atom. The summed E-state index contributed by atoms with van der Waals surface area (Å²) in [5.74, 6) is -1.02. The van der Waals surface area contributed by atoms with Crippen molar-refractivity contribution in [3.63, 3.8) is 0 Å². The summed E-state index contributed by atoms with van der Waals surface area (Å²) in [6.45, 7) is 0.566. The highest BCUT2D eigenvalue weighted by Crippen LogP contribution is 2.02. The standard InChI is InChI=1S/C9H10N4O2/c1-12-5-10-2-7(12)3-13-4-8(9(14)15)11-6-13/h2,4-6H,3H2,1H3,(H,14,15). The van der Waals surface area contributed by atoms with Gasteiger partial charge in [0.25, 0.3) is 0 Å². The molecule has 15 heavy (non-hydrogen) atoms. The minimum absolute atomic E-state index is 0.0529. The number of hydrogen-bond donors (Lipinski definition) is 1. The number of aryl methyl sites for hydroxylation is 1. The third kappa shape index (κ3) is 1.88. The molecular formula is C9H10N4O2. The fourth-order valence-electron chi connectivity index (χ4n) is 1.28. The Bertz CT molecular complexity index is 486. The largest absolute Gasteiger partial charge is 0.476 e. The molecule has 0 saturated heterocycles. The number of aromatic nitrogens is 4. The summed E-state index contributed by atoms with van der Waals surface area (Å²) < 4.78 is 3.58. The van der Waals surface area contributed by atoms with E-state index in [2.05, 4.69) is 9.97 Å². The van der Waals surface area contributed by atoms with Gasteiger partial charge in [0.1, 0.15) is 0 Å². The molecule has 0 aliphatic heterocycles. The first-order chi connectivity index (χ1) is 7.16. The van der Waals surface area contributed by atoms with E-state index in [1.165, 1.54) is 12.5 Å². The number of rotatable bonds is 3. The molecule has 0 amide bonds. The zero-order valence-electron chi connectivity index (χ0n) is 8.16. The van der Waals surface area contributed by atoms with Gasteiger partial charge < -0.3 is 14.2 Å². The molecule has 6 nitrogen and oxygen atoms in total. The Morgan fingerprint density at radius 1 is 1.53 bits per heavy atom. The zero-order valence-corrected chi connectivity index (χ0v) is 8.16. The number of imidazole rings is 2. The molecule has 0 radical (unpaired) electrons. The predicted molar refractivity (Wildman–Crippen MR) is 51.5 cm³/mol. The molecular weight excluding hydrogens is 196 g/mol. The van der Waals surface area contributed by atoms with E-state index in [0.29, 0.717) is 6.54 Å². The average molecular weight is 206 g/mol. The molecule has 0 unspecified atom stereocenters. The van der Waals surface area contributed by atoms with Crippen LogP contribution in [0.4, 0.5) is 0 Å². The van der Waals surface area contributed by atoms with Crippen LogP contribution < -0.4 is 0 Å². The average Bonchev–Trinajstić information content (AvgIpc) is 2.77. The highest BCUT2D eigenvalue weighted by Gasteiger charge is 2.07. The molecule has 1 N–H and O–H groups in total. The Labute approximate surface area is 85.8 Å². The normalized spacial score (nSPS) is 10.5. The molecule has 0 atom stereocenters. The van der Waals surface area contributed by atoms with E-state index < -0.39 is 5.97 Å². The van der Waals surface area contributed by atoms with Crippen molar-refractivity contribution in [2.24, 2.45) is 7.05 Å². The fourth-order valence-corrected chi connectivity index (χ4v) is 1.28. The predicted octanol–water partition coefficient (Wildman–Crippen LogP) is 0.363. The molecule has 6 heteroatoms. The van der Waals surface area contributed by atoms with Crippen LogP contribution in [0.15, 0.2) is 25.0 Å². The lowest BCUT2D eigenvalue weighted by molar-refractivity contribution is 0.0691. The molecule has 2 heterocycles. The van der Waals surface area contributed by atoms with E-state index in [4.69, 9.17) is 5.11 Å². The second-order valence-corrected chi connectivity index (χ2v) is 3.23. The van der Waals surface area contributed by atoms with Gasteiger partial charge in [0.05, 0.1) is 24.9 Å². The molecule has 0 bridgehead atoms. The highest BCUT2D eigenvalue weighted by atomic mass is 16.4. The van der Waals surface area contributed by atoms with Crippen LogP contribution in [-0.2, 0) is 13.6 Å². The maximum absolute atomic E-state index is 10.6.